The molecule has 0 amide bonds. The molecule has 2 heterocycles. The van der Waals surface area contributed by atoms with Crippen molar-refractivity contribution in [1.82, 2.24) is 4.98 Å². The van der Waals surface area contributed by atoms with Crippen LogP contribution in [0, 0.1) is 0 Å². The van der Waals surface area contributed by atoms with Gasteiger partial charge in [-0.1, -0.05) is 22.9 Å². The molecule has 1 atom stereocenters. The largest absolute Gasteiger partial charge is 0.465 e. The maximum atomic E-state index is 11.4. The molecule has 0 aliphatic carbocycles. The van der Waals surface area contributed by atoms with E-state index < -0.39 is 5.97 Å². The highest BCUT2D eigenvalue weighted by Gasteiger charge is 2.25. The summed E-state index contributed by atoms with van der Waals surface area (Å²) in [6, 6.07) is 0.294. The number of hydrogen-bond donors (Lipinski definition) is 0. The third-order valence-corrected chi connectivity index (χ3v) is 4.21. The number of anilines is 1. The van der Waals surface area contributed by atoms with Crippen molar-refractivity contribution in [1.29, 1.82) is 0 Å². The van der Waals surface area contributed by atoms with E-state index >= 15 is 0 Å². The van der Waals surface area contributed by atoms with Crippen molar-refractivity contribution in [2.24, 2.45) is 0 Å². The van der Waals surface area contributed by atoms with E-state index in [4.69, 9.17) is 16.3 Å². The molecule has 17 heavy (non-hydrogen) atoms. The molecule has 0 bridgehead atoms. The van der Waals surface area contributed by atoms with Gasteiger partial charge in [0.25, 0.3) is 0 Å². The highest BCUT2D eigenvalue weighted by molar-refractivity contribution is 7.18. The van der Waals surface area contributed by atoms with Crippen LogP contribution >= 0.6 is 22.9 Å². The van der Waals surface area contributed by atoms with E-state index in [-0.39, 0.29) is 5.15 Å². The monoisotopic (exact) mass is 276 g/mol. The summed E-state index contributed by atoms with van der Waals surface area (Å²) in [5, 5.41) is 0.911. The molecule has 1 unspecified atom stereocenters. The Labute approximate surface area is 108 Å². The molecule has 1 aromatic heterocycles. The number of likely N-dealkylation sites (N-methyl/N-ethyl adjacent to an activating group) is 1. The normalized spacial score (nSPS) is 19.4. The number of methoxy groups -OCH3 is 1. The lowest BCUT2D eigenvalue weighted by atomic mass is 10.2. The minimum atomic E-state index is -0.449. The van der Waals surface area contributed by atoms with E-state index in [1.54, 1.807) is 0 Å². The van der Waals surface area contributed by atoms with Gasteiger partial charge in [0.1, 0.15) is 0 Å². The van der Waals surface area contributed by atoms with E-state index in [0.717, 1.165) is 13.0 Å². The number of hydrogen-bond acceptors (Lipinski definition) is 6. The summed E-state index contributed by atoms with van der Waals surface area (Å²) in [4.78, 5) is 17.9. The van der Waals surface area contributed by atoms with Gasteiger partial charge in [-0.3, -0.25) is 0 Å². The van der Waals surface area contributed by atoms with E-state index in [1.807, 2.05) is 11.9 Å². The second-order valence-corrected chi connectivity index (χ2v) is 5.07. The minimum absolute atomic E-state index is 0.197. The van der Waals surface area contributed by atoms with Crippen LogP contribution in [0.15, 0.2) is 0 Å². The van der Waals surface area contributed by atoms with Crippen molar-refractivity contribution >= 4 is 34.0 Å². The van der Waals surface area contributed by atoms with Gasteiger partial charge in [0.2, 0.25) is 0 Å². The average Bonchev–Trinajstić information content (AvgIpc) is 2.96. The summed E-state index contributed by atoms with van der Waals surface area (Å²) in [7, 11) is 3.25. The van der Waals surface area contributed by atoms with E-state index in [9.17, 15) is 4.79 Å². The molecule has 7 heteroatoms. The highest BCUT2D eigenvalue weighted by Crippen LogP contribution is 2.31. The first-order valence-electron chi connectivity index (χ1n) is 5.18. The number of halogens is 1. The van der Waals surface area contributed by atoms with Gasteiger partial charge in [-0.2, -0.15) is 0 Å². The zero-order valence-electron chi connectivity index (χ0n) is 9.60. The van der Waals surface area contributed by atoms with Gasteiger partial charge in [-0.25, -0.2) is 9.78 Å². The summed E-state index contributed by atoms with van der Waals surface area (Å²) in [6.45, 7) is 1.44. The molecule has 1 aliphatic rings. The predicted octanol–water partition coefficient (Wildman–Crippen LogP) is 1.81. The number of ether oxygens (including phenoxy) is 2. The van der Waals surface area contributed by atoms with Crippen LogP contribution in [0.4, 0.5) is 5.13 Å². The average molecular weight is 277 g/mol. The van der Waals surface area contributed by atoms with Crippen LogP contribution in [0.25, 0.3) is 0 Å². The fourth-order valence-corrected chi connectivity index (χ4v) is 2.88. The quantitative estimate of drug-likeness (QED) is 0.788. The molecule has 0 radical (unpaired) electrons. The van der Waals surface area contributed by atoms with Crippen molar-refractivity contribution in [3.05, 3.63) is 10.0 Å². The van der Waals surface area contributed by atoms with Gasteiger partial charge in [-0.15, -0.1) is 0 Å². The van der Waals surface area contributed by atoms with E-state index in [1.165, 1.54) is 18.4 Å². The Bertz CT molecular complexity index is 418. The number of carbonyl (C=O) groups is 1. The van der Waals surface area contributed by atoms with Gasteiger partial charge in [0, 0.05) is 13.7 Å². The molecule has 1 aliphatic heterocycles. The van der Waals surface area contributed by atoms with Crippen molar-refractivity contribution < 1.29 is 14.3 Å². The van der Waals surface area contributed by atoms with Crippen LogP contribution in [0.1, 0.15) is 16.1 Å². The van der Waals surface area contributed by atoms with E-state index in [0.29, 0.717) is 22.7 Å². The second-order valence-electron chi connectivity index (χ2n) is 3.74. The Morgan fingerprint density at radius 2 is 2.47 bits per heavy atom. The third kappa shape index (κ3) is 2.53. The number of carbonyl (C=O) groups excluding carboxylic acids is 1. The Balaban J connectivity index is 2.18. The van der Waals surface area contributed by atoms with Crippen molar-refractivity contribution in [2.45, 2.75) is 12.5 Å². The molecule has 0 spiro atoms. The number of esters is 1. The first-order chi connectivity index (χ1) is 8.13. The van der Waals surface area contributed by atoms with Crippen LogP contribution < -0.4 is 4.90 Å². The highest BCUT2D eigenvalue weighted by atomic mass is 35.5. The minimum Gasteiger partial charge on any atom is -0.465 e. The summed E-state index contributed by atoms with van der Waals surface area (Å²) in [5.41, 5.74) is 0. The molecule has 0 saturated carbocycles. The number of nitrogens with zero attached hydrogens (tertiary/aromatic N) is 2. The fourth-order valence-electron chi connectivity index (χ4n) is 1.64. The van der Waals surface area contributed by atoms with Crippen LogP contribution in [-0.2, 0) is 9.47 Å². The lowest BCUT2D eigenvalue weighted by Gasteiger charge is -2.21. The Morgan fingerprint density at radius 1 is 1.71 bits per heavy atom. The van der Waals surface area contributed by atoms with Crippen molar-refractivity contribution in [3.63, 3.8) is 0 Å². The van der Waals surface area contributed by atoms with E-state index in [2.05, 4.69) is 9.72 Å². The molecule has 1 aromatic rings. The van der Waals surface area contributed by atoms with Gasteiger partial charge in [0.05, 0.1) is 19.8 Å². The van der Waals surface area contributed by atoms with Crippen LogP contribution in [0.5, 0.6) is 0 Å². The first kappa shape index (κ1) is 12.6. The number of thiazole rings is 1. The SMILES string of the molecule is COC(=O)c1sc(N(C)C2CCOC2)nc1Cl. The summed E-state index contributed by atoms with van der Waals surface area (Å²) < 4.78 is 9.96. The van der Waals surface area contributed by atoms with Crippen molar-refractivity contribution in [2.75, 3.05) is 32.3 Å². The second kappa shape index (κ2) is 5.20. The van der Waals surface area contributed by atoms with Crippen molar-refractivity contribution in [3.8, 4) is 0 Å². The molecule has 5 nitrogen and oxygen atoms in total. The molecule has 1 saturated heterocycles. The standard InChI is InChI=1S/C10H13ClN2O3S/c1-13(6-3-4-16-5-6)10-12-8(11)7(17-10)9(14)15-2/h6H,3-5H2,1-2H3. The molecular formula is C10H13ClN2O3S. The maximum Gasteiger partial charge on any atom is 0.351 e. The van der Waals surface area contributed by atoms with Gasteiger partial charge in [0.15, 0.2) is 15.2 Å². The molecule has 1 fully saturated rings. The summed E-state index contributed by atoms with van der Waals surface area (Å²) in [6.07, 6.45) is 0.960. The smallest absolute Gasteiger partial charge is 0.351 e. The van der Waals surface area contributed by atoms with Gasteiger partial charge >= 0.3 is 5.97 Å². The molecule has 2 rings (SSSR count). The Kier molecular flexibility index (Phi) is 3.86. The zero-order chi connectivity index (χ0) is 12.4. The Morgan fingerprint density at radius 3 is 3.06 bits per heavy atom. The number of aromatic nitrogens is 1. The zero-order valence-corrected chi connectivity index (χ0v) is 11.2. The molecule has 94 valence electrons. The van der Waals surface area contributed by atoms with Crippen LogP contribution in [0.2, 0.25) is 5.15 Å². The third-order valence-electron chi connectivity index (χ3n) is 2.70. The fraction of sp³-hybridized carbons (Fsp3) is 0.600. The summed E-state index contributed by atoms with van der Waals surface area (Å²) >= 11 is 7.15. The number of rotatable bonds is 3. The van der Waals surface area contributed by atoms with Crippen LogP contribution in [-0.4, -0.2) is 44.4 Å². The molecular weight excluding hydrogens is 264 g/mol. The summed E-state index contributed by atoms with van der Waals surface area (Å²) in [5.74, 6) is -0.449. The lowest BCUT2D eigenvalue weighted by molar-refractivity contribution is 0.0606. The van der Waals surface area contributed by atoms with Crippen LogP contribution in [0.3, 0.4) is 0 Å². The topological polar surface area (TPSA) is 51.7 Å². The predicted molar refractivity (Wildman–Crippen MR) is 66.1 cm³/mol. The lowest BCUT2D eigenvalue weighted by Crippen LogP contribution is -2.31. The Hall–Kier alpha value is -0.850. The first-order valence-corrected chi connectivity index (χ1v) is 6.38. The maximum absolute atomic E-state index is 11.4. The molecule has 0 N–H and O–H groups in total. The molecule has 0 aromatic carbocycles. The van der Waals surface area contributed by atoms with Gasteiger partial charge < -0.3 is 14.4 Å². The van der Waals surface area contributed by atoms with Gasteiger partial charge in [-0.05, 0) is 6.42 Å².